The van der Waals surface area contributed by atoms with Crippen molar-refractivity contribution in [3.63, 3.8) is 0 Å². The van der Waals surface area contributed by atoms with Crippen molar-refractivity contribution in [2.75, 3.05) is 26.3 Å². The van der Waals surface area contributed by atoms with E-state index >= 15 is 0 Å². The molecule has 3 nitrogen and oxygen atoms in total. The van der Waals surface area contributed by atoms with Gasteiger partial charge in [0, 0.05) is 19.1 Å². The highest BCUT2D eigenvalue weighted by molar-refractivity contribution is 5.29. The lowest BCUT2D eigenvalue weighted by Gasteiger charge is -2.23. The monoisotopic (exact) mass is 248 g/mol. The lowest BCUT2D eigenvalue weighted by atomic mass is 10.1. The minimum atomic E-state index is 0.519. The normalized spacial score (nSPS) is 20.0. The fraction of sp³-hybridized carbons (Fsp3) is 0.600. The molecular weight excluding hydrogens is 224 g/mol. The zero-order valence-electron chi connectivity index (χ0n) is 11.5. The minimum absolute atomic E-state index is 0.519. The molecule has 1 aromatic carbocycles. The van der Waals surface area contributed by atoms with Gasteiger partial charge in [-0.1, -0.05) is 18.2 Å². The molecule has 3 heteroatoms. The first kappa shape index (κ1) is 13.5. The summed E-state index contributed by atoms with van der Waals surface area (Å²) in [5, 5.41) is 6.97. The predicted molar refractivity (Wildman–Crippen MR) is 74.8 cm³/mol. The van der Waals surface area contributed by atoms with Crippen molar-refractivity contribution < 1.29 is 4.74 Å². The maximum absolute atomic E-state index is 5.44. The van der Waals surface area contributed by atoms with E-state index in [1.165, 1.54) is 16.7 Å². The van der Waals surface area contributed by atoms with E-state index in [4.69, 9.17) is 4.74 Å². The summed E-state index contributed by atoms with van der Waals surface area (Å²) in [5.74, 6) is 0. The Hall–Kier alpha value is -0.900. The van der Waals surface area contributed by atoms with Gasteiger partial charge in [-0.25, -0.2) is 0 Å². The van der Waals surface area contributed by atoms with Crippen molar-refractivity contribution in [2.45, 2.75) is 32.9 Å². The van der Waals surface area contributed by atoms with Gasteiger partial charge in [0.15, 0.2) is 0 Å². The van der Waals surface area contributed by atoms with Gasteiger partial charge in [0.25, 0.3) is 0 Å². The fourth-order valence-corrected chi connectivity index (χ4v) is 2.23. The van der Waals surface area contributed by atoms with Gasteiger partial charge in [0.2, 0.25) is 0 Å². The summed E-state index contributed by atoms with van der Waals surface area (Å²) in [6, 6.07) is 7.19. The average molecular weight is 248 g/mol. The standard InChI is InChI=1S/C15H24N2O/c1-12-3-4-14(9-13(12)2)10-16-6-5-15-11-18-8-7-17-15/h3-4,9,15-17H,5-8,10-11H2,1-2H3. The molecule has 1 unspecified atom stereocenters. The maximum atomic E-state index is 5.44. The molecule has 2 N–H and O–H groups in total. The molecular formula is C15H24N2O. The number of hydrogen-bond acceptors (Lipinski definition) is 3. The van der Waals surface area contributed by atoms with Crippen molar-refractivity contribution in [1.82, 2.24) is 10.6 Å². The van der Waals surface area contributed by atoms with Crippen LogP contribution in [0.1, 0.15) is 23.1 Å². The Bertz CT molecular complexity index is 373. The lowest BCUT2D eigenvalue weighted by molar-refractivity contribution is 0.0742. The zero-order chi connectivity index (χ0) is 12.8. The van der Waals surface area contributed by atoms with Gasteiger partial charge in [0.05, 0.1) is 13.2 Å². The first-order chi connectivity index (χ1) is 8.75. The maximum Gasteiger partial charge on any atom is 0.0620 e. The second-order valence-corrected chi connectivity index (χ2v) is 5.11. The largest absolute Gasteiger partial charge is 0.379 e. The number of benzene rings is 1. The van der Waals surface area contributed by atoms with Crippen LogP contribution >= 0.6 is 0 Å². The predicted octanol–water partition coefficient (Wildman–Crippen LogP) is 1.77. The van der Waals surface area contributed by atoms with Gasteiger partial charge in [-0.3, -0.25) is 0 Å². The molecule has 0 bridgehead atoms. The van der Waals surface area contributed by atoms with Crippen LogP contribution in [0.2, 0.25) is 0 Å². The number of nitrogens with one attached hydrogen (secondary N) is 2. The van der Waals surface area contributed by atoms with Crippen LogP contribution in [0.15, 0.2) is 18.2 Å². The molecule has 2 rings (SSSR count). The van der Waals surface area contributed by atoms with E-state index in [2.05, 4.69) is 42.7 Å². The van der Waals surface area contributed by atoms with Crippen LogP contribution in [-0.2, 0) is 11.3 Å². The van der Waals surface area contributed by atoms with Gasteiger partial charge in [0.1, 0.15) is 0 Å². The summed E-state index contributed by atoms with van der Waals surface area (Å²) in [5.41, 5.74) is 4.10. The zero-order valence-corrected chi connectivity index (χ0v) is 11.5. The average Bonchev–Trinajstić information content (AvgIpc) is 2.40. The first-order valence-electron chi connectivity index (χ1n) is 6.83. The molecule has 1 fully saturated rings. The molecule has 0 saturated carbocycles. The Morgan fingerprint density at radius 3 is 2.94 bits per heavy atom. The molecule has 1 atom stereocenters. The summed E-state index contributed by atoms with van der Waals surface area (Å²) >= 11 is 0. The number of aryl methyl sites for hydroxylation is 2. The number of morpholine rings is 1. The third-order valence-corrected chi connectivity index (χ3v) is 3.57. The fourth-order valence-electron chi connectivity index (χ4n) is 2.23. The van der Waals surface area contributed by atoms with Gasteiger partial charge in [-0.15, -0.1) is 0 Å². The van der Waals surface area contributed by atoms with E-state index in [1.54, 1.807) is 0 Å². The van der Waals surface area contributed by atoms with Crippen molar-refractivity contribution in [3.05, 3.63) is 34.9 Å². The smallest absolute Gasteiger partial charge is 0.0620 e. The van der Waals surface area contributed by atoms with Gasteiger partial charge < -0.3 is 15.4 Å². The molecule has 0 spiro atoms. The van der Waals surface area contributed by atoms with E-state index in [-0.39, 0.29) is 0 Å². The Kier molecular flexibility index (Phi) is 5.17. The quantitative estimate of drug-likeness (QED) is 0.779. The molecule has 0 aromatic heterocycles. The molecule has 18 heavy (non-hydrogen) atoms. The van der Waals surface area contributed by atoms with Gasteiger partial charge >= 0.3 is 0 Å². The summed E-state index contributed by atoms with van der Waals surface area (Å²) in [6.45, 7) is 9.01. The lowest BCUT2D eigenvalue weighted by Crippen LogP contribution is -2.42. The van der Waals surface area contributed by atoms with Crippen LogP contribution in [0.25, 0.3) is 0 Å². The Labute approximate surface area is 110 Å². The summed E-state index contributed by atoms with van der Waals surface area (Å²) < 4.78 is 5.44. The molecule has 100 valence electrons. The van der Waals surface area contributed by atoms with E-state index in [9.17, 15) is 0 Å². The molecule has 1 saturated heterocycles. The second kappa shape index (κ2) is 6.88. The van der Waals surface area contributed by atoms with E-state index in [1.807, 2.05) is 0 Å². The van der Waals surface area contributed by atoms with Crippen molar-refractivity contribution in [3.8, 4) is 0 Å². The highest BCUT2D eigenvalue weighted by atomic mass is 16.5. The van der Waals surface area contributed by atoms with Crippen LogP contribution in [0.4, 0.5) is 0 Å². The molecule has 1 heterocycles. The van der Waals surface area contributed by atoms with Crippen LogP contribution in [0.3, 0.4) is 0 Å². The number of hydrogen-bond donors (Lipinski definition) is 2. The van der Waals surface area contributed by atoms with Crippen LogP contribution in [-0.4, -0.2) is 32.3 Å². The minimum Gasteiger partial charge on any atom is -0.379 e. The van der Waals surface area contributed by atoms with Crippen molar-refractivity contribution in [1.29, 1.82) is 0 Å². The molecule has 1 aliphatic heterocycles. The van der Waals surface area contributed by atoms with Gasteiger partial charge in [-0.05, 0) is 43.5 Å². The van der Waals surface area contributed by atoms with E-state index in [0.717, 1.165) is 39.3 Å². The third-order valence-electron chi connectivity index (χ3n) is 3.57. The van der Waals surface area contributed by atoms with E-state index < -0.39 is 0 Å². The summed E-state index contributed by atoms with van der Waals surface area (Å²) in [4.78, 5) is 0. The first-order valence-corrected chi connectivity index (χ1v) is 6.83. The molecule has 0 radical (unpaired) electrons. The van der Waals surface area contributed by atoms with Gasteiger partial charge in [-0.2, -0.15) is 0 Å². The molecule has 0 aliphatic carbocycles. The van der Waals surface area contributed by atoms with Crippen molar-refractivity contribution >= 4 is 0 Å². The SMILES string of the molecule is Cc1ccc(CNCCC2COCCN2)cc1C. The van der Waals surface area contributed by atoms with Crippen molar-refractivity contribution in [2.24, 2.45) is 0 Å². The molecule has 1 aliphatic rings. The molecule has 0 amide bonds. The Balaban J connectivity index is 1.66. The Morgan fingerprint density at radius 2 is 2.22 bits per heavy atom. The number of rotatable bonds is 5. The topological polar surface area (TPSA) is 33.3 Å². The highest BCUT2D eigenvalue weighted by Crippen LogP contribution is 2.09. The Morgan fingerprint density at radius 1 is 1.33 bits per heavy atom. The molecule has 1 aromatic rings. The van der Waals surface area contributed by atoms with Crippen LogP contribution in [0, 0.1) is 13.8 Å². The van der Waals surface area contributed by atoms with E-state index in [0.29, 0.717) is 6.04 Å². The third kappa shape index (κ3) is 4.09. The van der Waals surface area contributed by atoms with Crippen LogP contribution < -0.4 is 10.6 Å². The second-order valence-electron chi connectivity index (χ2n) is 5.11. The van der Waals surface area contributed by atoms with Crippen LogP contribution in [0.5, 0.6) is 0 Å². The highest BCUT2D eigenvalue weighted by Gasteiger charge is 2.11. The summed E-state index contributed by atoms with van der Waals surface area (Å²) in [7, 11) is 0. The summed E-state index contributed by atoms with van der Waals surface area (Å²) in [6.07, 6.45) is 1.13. The number of ether oxygens (including phenoxy) is 1.